The lowest BCUT2D eigenvalue weighted by atomic mass is 10.0. The minimum atomic E-state index is -2.86. The van der Waals surface area contributed by atoms with E-state index in [1.165, 1.54) is 6.07 Å². The number of hydrogen-bond donors (Lipinski definition) is 1. The van der Waals surface area contributed by atoms with Gasteiger partial charge < -0.3 is 19.5 Å². The molecule has 0 bridgehead atoms. The number of likely N-dealkylation sites (tertiary alicyclic amines) is 1. The van der Waals surface area contributed by atoms with Crippen molar-refractivity contribution in [3.05, 3.63) is 17.7 Å². The molecule has 1 atom stereocenters. The Labute approximate surface area is 140 Å². The third-order valence-electron chi connectivity index (χ3n) is 4.08. The molecule has 1 fully saturated rings. The maximum absolute atomic E-state index is 12.6. The first-order valence-electron chi connectivity index (χ1n) is 7.42. The second kappa shape index (κ2) is 7.99. The quantitative estimate of drug-likeness (QED) is 0.884. The van der Waals surface area contributed by atoms with Crippen LogP contribution in [0.15, 0.2) is 12.1 Å². The number of alkyl halides is 2. The van der Waals surface area contributed by atoms with Crippen molar-refractivity contribution in [2.45, 2.75) is 32.0 Å². The van der Waals surface area contributed by atoms with Gasteiger partial charge in [-0.15, -0.1) is 12.4 Å². The highest BCUT2D eigenvalue weighted by Crippen LogP contribution is 2.39. The molecule has 130 valence electrons. The van der Waals surface area contributed by atoms with Gasteiger partial charge >= 0.3 is 6.61 Å². The number of benzene rings is 1. The standard InChI is InChI=1S/C15H20F2N2O3.ClH/c1-18-11-3-2-4-19(8-11)7-10-5-13-14(21-9-20-13)6-12(10)22-15(16)17;/h5-6,11,15,18H,2-4,7-9H2,1H3;1H. The normalized spacial score (nSPS) is 20.4. The van der Waals surface area contributed by atoms with Crippen LogP contribution in [0.3, 0.4) is 0 Å². The van der Waals surface area contributed by atoms with Crippen molar-refractivity contribution in [3.63, 3.8) is 0 Å². The zero-order valence-electron chi connectivity index (χ0n) is 12.9. The molecule has 8 heteroatoms. The lowest BCUT2D eigenvalue weighted by molar-refractivity contribution is -0.0509. The summed E-state index contributed by atoms with van der Waals surface area (Å²) in [7, 11) is 1.94. The van der Waals surface area contributed by atoms with E-state index in [2.05, 4.69) is 15.0 Å². The third-order valence-corrected chi connectivity index (χ3v) is 4.08. The van der Waals surface area contributed by atoms with Crippen LogP contribution in [-0.4, -0.2) is 44.5 Å². The summed E-state index contributed by atoms with van der Waals surface area (Å²) < 4.78 is 40.5. The fraction of sp³-hybridized carbons (Fsp3) is 0.600. The molecule has 2 heterocycles. The topological polar surface area (TPSA) is 43.0 Å². The molecule has 5 nitrogen and oxygen atoms in total. The fourth-order valence-corrected chi connectivity index (χ4v) is 2.97. The molecule has 23 heavy (non-hydrogen) atoms. The molecule has 1 aromatic rings. The van der Waals surface area contributed by atoms with Gasteiger partial charge in [0.1, 0.15) is 5.75 Å². The van der Waals surface area contributed by atoms with Crippen molar-refractivity contribution in [1.82, 2.24) is 10.2 Å². The van der Waals surface area contributed by atoms with Crippen LogP contribution in [0.5, 0.6) is 17.2 Å². The van der Waals surface area contributed by atoms with E-state index in [9.17, 15) is 8.78 Å². The number of likely N-dealkylation sites (N-methyl/N-ethyl adjacent to an activating group) is 1. The van der Waals surface area contributed by atoms with Gasteiger partial charge in [-0.25, -0.2) is 0 Å². The van der Waals surface area contributed by atoms with Crippen LogP contribution in [0.4, 0.5) is 8.78 Å². The largest absolute Gasteiger partial charge is 0.454 e. The Hall–Kier alpha value is -1.31. The fourth-order valence-electron chi connectivity index (χ4n) is 2.97. The minimum absolute atomic E-state index is 0. The predicted octanol–water partition coefficient (Wildman–Crippen LogP) is 2.62. The minimum Gasteiger partial charge on any atom is -0.454 e. The summed E-state index contributed by atoms with van der Waals surface area (Å²) in [5, 5.41) is 3.27. The van der Waals surface area contributed by atoms with Crippen molar-refractivity contribution in [3.8, 4) is 17.2 Å². The number of rotatable bonds is 5. The van der Waals surface area contributed by atoms with E-state index in [0.29, 0.717) is 29.6 Å². The summed E-state index contributed by atoms with van der Waals surface area (Å²) in [5.41, 5.74) is 0.696. The van der Waals surface area contributed by atoms with E-state index in [1.54, 1.807) is 6.07 Å². The van der Waals surface area contributed by atoms with Gasteiger partial charge in [-0.05, 0) is 32.5 Å². The number of halogens is 3. The van der Waals surface area contributed by atoms with Crippen molar-refractivity contribution >= 4 is 12.4 Å². The number of piperidine rings is 1. The predicted molar refractivity (Wildman–Crippen MR) is 83.8 cm³/mol. The number of hydrogen-bond acceptors (Lipinski definition) is 5. The van der Waals surface area contributed by atoms with E-state index in [0.717, 1.165) is 25.9 Å². The Morgan fingerprint density at radius 2 is 2.09 bits per heavy atom. The van der Waals surface area contributed by atoms with Gasteiger partial charge in [0.25, 0.3) is 0 Å². The van der Waals surface area contributed by atoms with Crippen LogP contribution in [-0.2, 0) is 6.54 Å². The molecule has 1 aromatic carbocycles. The van der Waals surface area contributed by atoms with E-state index in [4.69, 9.17) is 9.47 Å². The Balaban J connectivity index is 0.00000192. The molecule has 1 unspecified atom stereocenters. The molecule has 2 aliphatic rings. The Kier molecular flexibility index (Phi) is 6.26. The third kappa shape index (κ3) is 4.37. The van der Waals surface area contributed by atoms with Gasteiger partial charge in [0.15, 0.2) is 11.5 Å². The second-order valence-corrected chi connectivity index (χ2v) is 5.55. The highest BCUT2D eigenvalue weighted by molar-refractivity contribution is 5.85. The van der Waals surface area contributed by atoms with Crippen molar-refractivity contribution in [2.24, 2.45) is 0 Å². The molecule has 1 N–H and O–H groups in total. The van der Waals surface area contributed by atoms with E-state index < -0.39 is 6.61 Å². The molecule has 0 aromatic heterocycles. The van der Waals surface area contributed by atoms with Crippen LogP contribution < -0.4 is 19.5 Å². The van der Waals surface area contributed by atoms with Gasteiger partial charge in [0, 0.05) is 30.8 Å². The molecule has 2 aliphatic heterocycles. The Morgan fingerprint density at radius 3 is 2.78 bits per heavy atom. The smallest absolute Gasteiger partial charge is 0.387 e. The van der Waals surface area contributed by atoms with Crippen molar-refractivity contribution < 1.29 is 23.0 Å². The molecule has 0 radical (unpaired) electrons. The highest BCUT2D eigenvalue weighted by Gasteiger charge is 2.23. The van der Waals surface area contributed by atoms with Crippen molar-refractivity contribution in [2.75, 3.05) is 26.9 Å². The lowest BCUT2D eigenvalue weighted by Gasteiger charge is -2.32. The summed E-state index contributed by atoms with van der Waals surface area (Å²) in [5.74, 6) is 1.19. The van der Waals surface area contributed by atoms with Crippen molar-refractivity contribution in [1.29, 1.82) is 0 Å². The monoisotopic (exact) mass is 350 g/mol. The van der Waals surface area contributed by atoms with Crippen LogP contribution in [0.25, 0.3) is 0 Å². The van der Waals surface area contributed by atoms with Gasteiger partial charge in [-0.2, -0.15) is 8.78 Å². The van der Waals surface area contributed by atoms with Gasteiger partial charge in [-0.3, -0.25) is 4.90 Å². The molecule has 3 rings (SSSR count). The van der Waals surface area contributed by atoms with Gasteiger partial charge in [0.2, 0.25) is 6.79 Å². The molecular weight excluding hydrogens is 330 g/mol. The highest BCUT2D eigenvalue weighted by atomic mass is 35.5. The molecule has 0 amide bonds. The van der Waals surface area contributed by atoms with E-state index in [-0.39, 0.29) is 24.9 Å². The number of nitrogens with zero attached hydrogens (tertiary/aromatic N) is 1. The van der Waals surface area contributed by atoms with Gasteiger partial charge in [-0.1, -0.05) is 0 Å². The van der Waals surface area contributed by atoms with E-state index >= 15 is 0 Å². The molecule has 1 saturated heterocycles. The zero-order chi connectivity index (χ0) is 15.5. The lowest BCUT2D eigenvalue weighted by Crippen LogP contribution is -2.43. The average molecular weight is 351 g/mol. The molecule has 0 spiro atoms. The zero-order valence-corrected chi connectivity index (χ0v) is 13.7. The molecular formula is C15H21ClF2N2O3. The van der Waals surface area contributed by atoms with Crippen LogP contribution >= 0.6 is 12.4 Å². The molecule has 0 saturated carbocycles. The van der Waals surface area contributed by atoms with Gasteiger partial charge in [0.05, 0.1) is 0 Å². The molecule has 0 aliphatic carbocycles. The first-order valence-corrected chi connectivity index (χ1v) is 7.42. The van der Waals surface area contributed by atoms with Crippen LogP contribution in [0.2, 0.25) is 0 Å². The second-order valence-electron chi connectivity index (χ2n) is 5.55. The summed E-state index contributed by atoms with van der Waals surface area (Å²) in [6.45, 7) is -0.361. The first-order chi connectivity index (χ1) is 10.7. The van der Waals surface area contributed by atoms with E-state index in [1.807, 2.05) is 7.05 Å². The number of ether oxygens (including phenoxy) is 3. The maximum Gasteiger partial charge on any atom is 0.387 e. The summed E-state index contributed by atoms with van der Waals surface area (Å²) in [6, 6.07) is 3.66. The summed E-state index contributed by atoms with van der Waals surface area (Å²) >= 11 is 0. The SMILES string of the molecule is CNC1CCCN(Cc2cc3c(cc2OC(F)F)OCO3)C1.Cl. The Bertz CT molecular complexity index is 534. The van der Waals surface area contributed by atoms with Crippen LogP contribution in [0, 0.1) is 0 Å². The first kappa shape index (κ1) is 18.0. The maximum atomic E-state index is 12.6. The Morgan fingerprint density at radius 1 is 1.35 bits per heavy atom. The number of nitrogens with one attached hydrogen (secondary N) is 1. The summed E-state index contributed by atoms with van der Waals surface area (Å²) in [6.07, 6.45) is 2.22. The summed E-state index contributed by atoms with van der Waals surface area (Å²) in [4.78, 5) is 2.24. The average Bonchev–Trinajstić information content (AvgIpc) is 2.94. The number of fused-ring (bicyclic) bond motifs is 1. The van der Waals surface area contributed by atoms with Crippen LogP contribution in [0.1, 0.15) is 18.4 Å².